The molecule has 5 nitrogen and oxygen atoms in total. The quantitative estimate of drug-likeness (QED) is 0.672. The fourth-order valence-electron chi connectivity index (χ4n) is 2.18. The molecule has 0 aromatic heterocycles. The summed E-state index contributed by atoms with van der Waals surface area (Å²) >= 11 is 0. The number of hydrogen-bond donors (Lipinski definition) is 2. The van der Waals surface area contributed by atoms with Crippen LogP contribution < -0.4 is 24.8 Å². The van der Waals surface area contributed by atoms with Gasteiger partial charge in [-0.3, -0.25) is 0 Å². The standard InChI is InChI=1S/C15H24N2O3/c1-18-13-7-4-11(14(19-2)15(13)20-3)10-16-8-9-17-12-5-6-12/h4,7,12,16-17H,5-6,8-10H2,1-3H3. The highest BCUT2D eigenvalue weighted by Crippen LogP contribution is 2.39. The molecule has 1 aromatic carbocycles. The van der Waals surface area contributed by atoms with Crippen LogP contribution in [-0.2, 0) is 6.54 Å². The van der Waals surface area contributed by atoms with E-state index >= 15 is 0 Å². The van der Waals surface area contributed by atoms with E-state index in [2.05, 4.69) is 10.6 Å². The van der Waals surface area contributed by atoms with Gasteiger partial charge in [-0.2, -0.15) is 0 Å². The average molecular weight is 280 g/mol. The first kappa shape index (κ1) is 14.9. The van der Waals surface area contributed by atoms with Crippen LogP contribution in [0.4, 0.5) is 0 Å². The van der Waals surface area contributed by atoms with Gasteiger partial charge in [0.2, 0.25) is 5.75 Å². The molecule has 0 spiro atoms. The van der Waals surface area contributed by atoms with Crippen molar-refractivity contribution in [2.75, 3.05) is 34.4 Å². The minimum atomic E-state index is 0.644. The molecule has 1 aromatic rings. The van der Waals surface area contributed by atoms with Crippen LogP contribution in [0.3, 0.4) is 0 Å². The molecule has 5 heteroatoms. The molecule has 0 aliphatic heterocycles. The van der Waals surface area contributed by atoms with Crippen LogP contribution in [0, 0.1) is 0 Å². The Kier molecular flexibility index (Phi) is 5.49. The van der Waals surface area contributed by atoms with Crippen LogP contribution in [-0.4, -0.2) is 40.5 Å². The molecule has 0 atom stereocenters. The molecule has 1 aliphatic carbocycles. The van der Waals surface area contributed by atoms with Crippen molar-refractivity contribution >= 4 is 0 Å². The van der Waals surface area contributed by atoms with Crippen LogP contribution in [0.1, 0.15) is 18.4 Å². The third-order valence-corrected chi connectivity index (χ3v) is 3.41. The Balaban J connectivity index is 1.91. The van der Waals surface area contributed by atoms with Gasteiger partial charge in [0.25, 0.3) is 0 Å². The molecule has 0 radical (unpaired) electrons. The number of rotatable bonds is 9. The van der Waals surface area contributed by atoms with Crippen molar-refractivity contribution in [2.45, 2.75) is 25.4 Å². The maximum Gasteiger partial charge on any atom is 0.203 e. The first-order valence-corrected chi connectivity index (χ1v) is 7.02. The van der Waals surface area contributed by atoms with Gasteiger partial charge in [0.15, 0.2) is 11.5 Å². The van der Waals surface area contributed by atoms with Crippen molar-refractivity contribution in [3.8, 4) is 17.2 Å². The average Bonchev–Trinajstić information content (AvgIpc) is 3.30. The molecular weight excluding hydrogens is 256 g/mol. The first-order valence-electron chi connectivity index (χ1n) is 7.02. The topological polar surface area (TPSA) is 51.8 Å². The van der Waals surface area contributed by atoms with Crippen molar-refractivity contribution in [2.24, 2.45) is 0 Å². The Labute approximate surface area is 120 Å². The normalized spacial score (nSPS) is 14.2. The summed E-state index contributed by atoms with van der Waals surface area (Å²) in [6.45, 7) is 2.68. The summed E-state index contributed by atoms with van der Waals surface area (Å²) in [4.78, 5) is 0. The lowest BCUT2D eigenvalue weighted by Gasteiger charge is -2.16. The highest BCUT2D eigenvalue weighted by atomic mass is 16.5. The smallest absolute Gasteiger partial charge is 0.203 e. The molecule has 0 saturated heterocycles. The van der Waals surface area contributed by atoms with Crippen LogP contribution >= 0.6 is 0 Å². The monoisotopic (exact) mass is 280 g/mol. The van der Waals surface area contributed by atoms with Crippen molar-refractivity contribution in [3.63, 3.8) is 0 Å². The van der Waals surface area contributed by atoms with Gasteiger partial charge < -0.3 is 24.8 Å². The second-order valence-electron chi connectivity index (χ2n) is 4.90. The Morgan fingerprint density at radius 2 is 1.75 bits per heavy atom. The minimum absolute atomic E-state index is 0.644. The maximum absolute atomic E-state index is 5.45. The van der Waals surface area contributed by atoms with Gasteiger partial charge in [0, 0.05) is 31.2 Å². The predicted molar refractivity (Wildman–Crippen MR) is 78.8 cm³/mol. The van der Waals surface area contributed by atoms with E-state index in [0.717, 1.165) is 37.0 Å². The second-order valence-corrected chi connectivity index (χ2v) is 4.90. The van der Waals surface area contributed by atoms with Crippen molar-refractivity contribution in [1.82, 2.24) is 10.6 Å². The van der Waals surface area contributed by atoms with E-state index in [9.17, 15) is 0 Å². The minimum Gasteiger partial charge on any atom is -0.493 e. The number of ether oxygens (including phenoxy) is 3. The summed E-state index contributed by atoms with van der Waals surface area (Å²) in [5.74, 6) is 2.06. The second kappa shape index (κ2) is 7.36. The lowest BCUT2D eigenvalue weighted by Crippen LogP contribution is -2.28. The van der Waals surface area contributed by atoms with Crippen molar-refractivity contribution in [1.29, 1.82) is 0 Å². The SMILES string of the molecule is COc1ccc(CNCCNC2CC2)c(OC)c1OC. The van der Waals surface area contributed by atoms with E-state index < -0.39 is 0 Å². The molecular formula is C15H24N2O3. The number of hydrogen-bond acceptors (Lipinski definition) is 5. The van der Waals surface area contributed by atoms with Crippen LogP contribution in [0.5, 0.6) is 17.2 Å². The first-order chi connectivity index (χ1) is 9.80. The molecule has 0 unspecified atom stereocenters. The van der Waals surface area contributed by atoms with E-state index in [1.165, 1.54) is 12.8 Å². The zero-order valence-corrected chi connectivity index (χ0v) is 12.5. The van der Waals surface area contributed by atoms with E-state index in [-0.39, 0.29) is 0 Å². The Bertz CT molecular complexity index is 433. The summed E-state index contributed by atoms with van der Waals surface area (Å²) < 4.78 is 16.1. The maximum atomic E-state index is 5.45. The van der Waals surface area contributed by atoms with Gasteiger partial charge in [0.1, 0.15) is 0 Å². The molecule has 0 heterocycles. The largest absolute Gasteiger partial charge is 0.493 e. The van der Waals surface area contributed by atoms with E-state index in [1.54, 1.807) is 21.3 Å². The number of nitrogens with one attached hydrogen (secondary N) is 2. The van der Waals surface area contributed by atoms with Crippen LogP contribution in [0.2, 0.25) is 0 Å². The van der Waals surface area contributed by atoms with Gasteiger partial charge >= 0.3 is 0 Å². The summed E-state index contributed by atoms with van der Waals surface area (Å²) in [6, 6.07) is 4.66. The van der Waals surface area contributed by atoms with E-state index in [0.29, 0.717) is 11.5 Å². The molecule has 20 heavy (non-hydrogen) atoms. The Morgan fingerprint density at radius 3 is 2.35 bits per heavy atom. The van der Waals surface area contributed by atoms with Crippen molar-refractivity contribution < 1.29 is 14.2 Å². The zero-order chi connectivity index (χ0) is 14.4. The molecule has 112 valence electrons. The molecule has 1 aliphatic rings. The lowest BCUT2D eigenvalue weighted by molar-refractivity contribution is 0.321. The van der Waals surface area contributed by atoms with Gasteiger partial charge in [0.05, 0.1) is 21.3 Å². The molecule has 0 bridgehead atoms. The fraction of sp³-hybridized carbons (Fsp3) is 0.600. The Morgan fingerprint density at radius 1 is 1.00 bits per heavy atom. The molecule has 0 amide bonds. The molecule has 1 fully saturated rings. The highest BCUT2D eigenvalue weighted by molar-refractivity contribution is 5.55. The third kappa shape index (κ3) is 3.77. The van der Waals surface area contributed by atoms with Gasteiger partial charge in [-0.25, -0.2) is 0 Å². The summed E-state index contributed by atoms with van der Waals surface area (Å²) in [7, 11) is 4.89. The zero-order valence-electron chi connectivity index (χ0n) is 12.5. The summed E-state index contributed by atoms with van der Waals surface area (Å²) in [5, 5.41) is 6.88. The summed E-state index contributed by atoms with van der Waals surface area (Å²) in [6.07, 6.45) is 2.65. The third-order valence-electron chi connectivity index (χ3n) is 3.41. The van der Waals surface area contributed by atoms with Crippen LogP contribution in [0.25, 0.3) is 0 Å². The summed E-state index contributed by atoms with van der Waals surface area (Å²) in [5.41, 5.74) is 1.07. The number of methoxy groups -OCH3 is 3. The van der Waals surface area contributed by atoms with Crippen molar-refractivity contribution in [3.05, 3.63) is 17.7 Å². The highest BCUT2D eigenvalue weighted by Gasteiger charge is 2.19. The van der Waals surface area contributed by atoms with E-state index in [1.807, 2.05) is 12.1 Å². The lowest BCUT2D eigenvalue weighted by atomic mass is 10.1. The Hall–Kier alpha value is -1.46. The fourth-order valence-corrected chi connectivity index (χ4v) is 2.18. The molecule has 2 N–H and O–H groups in total. The predicted octanol–water partition coefficient (Wildman–Crippen LogP) is 1.55. The van der Waals surface area contributed by atoms with Gasteiger partial charge in [-0.1, -0.05) is 6.07 Å². The van der Waals surface area contributed by atoms with Crippen LogP contribution in [0.15, 0.2) is 12.1 Å². The van der Waals surface area contributed by atoms with Gasteiger partial charge in [-0.15, -0.1) is 0 Å². The van der Waals surface area contributed by atoms with Gasteiger partial charge in [-0.05, 0) is 18.9 Å². The molecule has 1 saturated carbocycles. The van der Waals surface area contributed by atoms with E-state index in [4.69, 9.17) is 14.2 Å². The molecule has 2 rings (SSSR count). The number of benzene rings is 1.